The highest BCUT2D eigenvalue weighted by atomic mass is 32.2. The molecule has 0 radical (unpaired) electrons. The van der Waals surface area contributed by atoms with Gasteiger partial charge in [0.05, 0.1) is 15.9 Å². The number of rotatable bonds is 6. The van der Waals surface area contributed by atoms with Crippen LogP contribution in [-0.2, 0) is 6.61 Å². The van der Waals surface area contributed by atoms with Gasteiger partial charge in [-0.1, -0.05) is 23.9 Å². The highest BCUT2D eigenvalue weighted by molar-refractivity contribution is 7.99. The second-order valence-electron chi connectivity index (χ2n) is 5.40. The smallest absolute Gasteiger partial charge is 0.286 e. The Labute approximate surface area is 153 Å². The Hall–Kier alpha value is -3.06. The highest BCUT2D eigenvalue weighted by Crippen LogP contribution is 2.37. The van der Waals surface area contributed by atoms with E-state index in [9.17, 15) is 19.6 Å². The minimum atomic E-state index is -0.474. The Morgan fingerprint density at radius 2 is 1.85 bits per heavy atom. The van der Waals surface area contributed by atoms with Gasteiger partial charge in [0.15, 0.2) is 0 Å². The lowest BCUT2D eigenvalue weighted by Gasteiger charge is -2.08. The van der Waals surface area contributed by atoms with Crippen LogP contribution >= 0.6 is 11.8 Å². The van der Waals surface area contributed by atoms with Crippen LogP contribution in [0.1, 0.15) is 5.56 Å². The van der Waals surface area contributed by atoms with Gasteiger partial charge in [-0.2, -0.15) is 0 Å². The molecule has 0 saturated heterocycles. The first-order valence-electron chi connectivity index (χ1n) is 7.64. The maximum Gasteiger partial charge on any atom is 0.286 e. The molecule has 0 unspecified atom stereocenters. The number of halogens is 1. The zero-order valence-electron chi connectivity index (χ0n) is 13.5. The Bertz CT molecular complexity index is 931. The van der Waals surface area contributed by atoms with Gasteiger partial charge in [0.25, 0.3) is 5.69 Å². The monoisotopic (exact) mass is 371 g/mol. The minimum absolute atomic E-state index is 0.0835. The van der Waals surface area contributed by atoms with E-state index in [1.807, 2.05) is 0 Å². The van der Waals surface area contributed by atoms with Crippen molar-refractivity contribution in [1.82, 2.24) is 0 Å². The number of nitro groups is 1. The Balaban J connectivity index is 1.77. The van der Waals surface area contributed by atoms with Crippen LogP contribution in [0, 0.1) is 15.9 Å². The highest BCUT2D eigenvalue weighted by Gasteiger charge is 2.16. The average molecular weight is 371 g/mol. The molecule has 0 aromatic heterocycles. The zero-order chi connectivity index (χ0) is 18.5. The average Bonchev–Trinajstić information content (AvgIpc) is 2.62. The van der Waals surface area contributed by atoms with E-state index in [1.54, 1.807) is 36.4 Å². The van der Waals surface area contributed by atoms with E-state index in [2.05, 4.69) is 0 Å². The van der Waals surface area contributed by atoms with Crippen molar-refractivity contribution in [1.29, 1.82) is 0 Å². The molecule has 5 nitrogen and oxygen atoms in total. The van der Waals surface area contributed by atoms with Gasteiger partial charge in [0, 0.05) is 4.90 Å². The van der Waals surface area contributed by atoms with Crippen LogP contribution in [0.4, 0.5) is 10.1 Å². The number of phenolic OH excluding ortho intramolecular Hbond substituents is 1. The number of aromatic hydroxyl groups is 1. The predicted octanol–water partition coefficient (Wildman–Crippen LogP) is 5.17. The van der Waals surface area contributed by atoms with Gasteiger partial charge in [0.1, 0.15) is 23.9 Å². The second-order valence-corrected chi connectivity index (χ2v) is 6.52. The van der Waals surface area contributed by atoms with E-state index < -0.39 is 4.92 Å². The summed E-state index contributed by atoms with van der Waals surface area (Å²) in [5, 5.41) is 20.7. The first-order valence-corrected chi connectivity index (χ1v) is 8.45. The summed E-state index contributed by atoms with van der Waals surface area (Å²) in [6, 6.07) is 17.0. The van der Waals surface area contributed by atoms with Crippen molar-refractivity contribution >= 4 is 17.4 Å². The molecule has 3 aromatic carbocycles. The van der Waals surface area contributed by atoms with Crippen molar-refractivity contribution in [3.05, 3.63) is 88.2 Å². The van der Waals surface area contributed by atoms with Crippen molar-refractivity contribution < 1.29 is 19.2 Å². The molecule has 26 heavy (non-hydrogen) atoms. The molecule has 132 valence electrons. The van der Waals surface area contributed by atoms with Crippen molar-refractivity contribution in [3.8, 4) is 11.5 Å². The lowest BCUT2D eigenvalue weighted by atomic mass is 10.2. The van der Waals surface area contributed by atoms with Crippen molar-refractivity contribution in [3.63, 3.8) is 0 Å². The summed E-state index contributed by atoms with van der Waals surface area (Å²) in [6.45, 7) is 0.110. The molecule has 0 heterocycles. The first-order chi connectivity index (χ1) is 12.5. The van der Waals surface area contributed by atoms with Crippen LogP contribution in [0.15, 0.2) is 76.5 Å². The third-order valence-corrected chi connectivity index (χ3v) is 4.56. The van der Waals surface area contributed by atoms with Gasteiger partial charge in [-0.05, 0) is 54.1 Å². The van der Waals surface area contributed by atoms with Crippen LogP contribution in [0.5, 0.6) is 11.5 Å². The van der Waals surface area contributed by atoms with Crippen LogP contribution in [0.25, 0.3) is 0 Å². The molecule has 0 spiro atoms. The van der Waals surface area contributed by atoms with Crippen molar-refractivity contribution in [2.24, 2.45) is 0 Å². The normalized spacial score (nSPS) is 10.5. The molecule has 0 atom stereocenters. The molecule has 7 heteroatoms. The largest absolute Gasteiger partial charge is 0.508 e. The van der Waals surface area contributed by atoms with Gasteiger partial charge in [-0.25, -0.2) is 4.39 Å². The molecule has 3 rings (SSSR count). The number of hydrogen-bond donors (Lipinski definition) is 1. The summed E-state index contributed by atoms with van der Waals surface area (Å²) in [7, 11) is 0. The molecule has 0 saturated carbocycles. The fourth-order valence-electron chi connectivity index (χ4n) is 2.25. The Morgan fingerprint density at radius 1 is 1.08 bits per heavy atom. The molecule has 0 bridgehead atoms. The van der Waals surface area contributed by atoms with Crippen LogP contribution in [0.3, 0.4) is 0 Å². The zero-order valence-corrected chi connectivity index (χ0v) is 14.3. The molecule has 0 fully saturated rings. The van der Waals surface area contributed by atoms with E-state index in [0.717, 1.165) is 4.90 Å². The van der Waals surface area contributed by atoms with Crippen LogP contribution in [0.2, 0.25) is 0 Å². The molecule has 3 aromatic rings. The standard InChI is InChI=1S/C19H14FNO4S/c20-14-3-1-2-13(10-14)12-25-16-6-9-19(18(11-16)21(23)24)26-17-7-4-15(22)5-8-17/h1-11,22H,12H2. The van der Waals surface area contributed by atoms with Gasteiger partial charge < -0.3 is 9.84 Å². The quantitative estimate of drug-likeness (QED) is 0.478. The topological polar surface area (TPSA) is 72.6 Å². The first kappa shape index (κ1) is 17.8. The molecule has 0 amide bonds. The third kappa shape index (κ3) is 4.52. The third-order valence-electron chi connectivity index (χ3n) is 3.49. The van der Waals surface area contributed by atoms with Gasteiger partial charge >= 0.3 is 0 Å². The Morgan fingerprint density at radius 3 is 2.54 bits per heavy atom. The SMILES string of the molecule is O=[N+]([O-])c1cc(OCc2cccc(F)c2)ccc1Sc1ccc(O)cc1. The lowest BCUT2D eigenvalue weighted by molar-refractivity contribution is -0.387. The number of nitrogens with zero attached hydrogens (tertiary/aromatic N) is 1. The number of phenols is 1. The summed E-state index contributed by atoms with van der Waals surface area (Å²) in [6.07, 6.45) is 0. The molecule has 0 aliphatic heterocycles. The molecular formula is C19H14FNO4S. The molecular weight excluding hydrogens is 357 g/mol. The van der Waals surface area contributed by atoms with Crippen LogP contribution < -0.4 is 4.74 Å². The molecule has 0 aliphatic rings. The maximum atomic E-state index is 13.2. The van der Waals surface area contributed by atoms with Crippen molar-refractivity contribution in [2.75, 3.05) is 0 Å². The van der Waals surface area contributed by atoms with E-state index in [4.69, 9.17) is 4.74 Å². The summed E-state index contributed by atoms with van der Waals surface area (Å²) < 4.78 is 18.7. The van der Waals surface area contributed by atoms with E-state index in [0.29, 0.717) is 16.2 Å². The fourth-order valence-corrected chi connectivity index (χ4v) is 3.15. The lowest BCUT2D eigenvalue weighted by Crippen LogP contribution is -1.98. The molecule has 0 aliphatic carbocycles. The molecule has 1 N–H and O–H groups in total. The van der Waals surface area contributed by atoms with Crippen molar-refractivity contribution in [2.45, 2.75) is 16.4 Å². The van der Waals surface area contributed by atoms with Gasteiger partial charge in [0.2, 0.25) is 0 Å². The Kier molecular flexibility index (Phi) is 5.38. The van der Waals surface area contributed by atoms with Crippen LogP contribution in [-0.4, -0.2) is 10.0 Å². The van der Waals surface area contributed by atoms with Gasteiger partial charge in [-0.15, -0.1) is 0 Å². The van der Waals surface area contributed by atoms with E-state index >= 15 is 0 Å². The number of benzene rings is 3. The maximum absolute atomic E-state index is 13.2. The predicted molar refractivity (Wildman–Crippen MR) is 96.1 cm³/mol. The number of nitro benzene ring substituents is 1. The summed E-state index contributed by atoms with van der Waals surface area (Å²) >= 11 is 1.22. The summed E-state index contributed by atoms with van der Waals surface area (Å²) in [5.41, 5.74) is 0.551. The number of hydrogen-bond acceptors (Lipinski definition) is 5. The summed E-state index contributed by atoms with van der Waals surface area (Å²) in [5.74, 6) is 0.0960. The fraction of sp³-hybridized carbons (Fsp3) is 0.0526. The second kappa shape index (κ2) is 7.88. The minimum Gasteiger partial charge on any atom is -0.508 e. The van der Waals surface area contributed by atoms with E-state index in [-0.39, 0.29) is 23.9 Å². The van der Waals surface area contributed by atoms with E-state index in [1.165, 1.54) is 42.1 Å². The summed E-state index contributed by atoms with van der Waals surface area (Å²) in [4.78, 5) is 12.1. The number of ether oxygens (including phenoxy) is 1. The van der Waals surface area contributed by atoms with Gasteiger partial charge in [-0.3, -0.25) is 10.1 Å².